The van der Waals surface area contributed by atoms with Crippen LogP contribution in [0.15, 0.2) is 83.9 Å². The average molecular weight is 398 g/mol. The number of benzene rings is 3. The first-order valence-electron chi connectivity index (χ1n) is 9.73. The first-order valence-corrected chi connectivity index (χ1v) is 9.73. The fourth-order valence-corrected chi connectivity index (χ4v) is 3.36. The summed E-state index contributed by atoms with van der Waals surface area (Å²) in [5.41, 5.74) is 5.09. The molecule has 0 fully saturated rings. The van der Waals surface area contributed by atoms with Crippen molar-refractivity contribution in [1.82, 2.24) is 10.6 Å². The van der Waals surface area contributed by atoms with Crippen LogP contribution in [0.1, 0.15) is 22.3 Å². The normalized spacial score (nSPS) is 15.3. The summed E-state index contributed by atoms with van der Waals surface area (Å²) < 4.78 is 0. The number of nitrogens with zero attached hydrogens (tertiary/aromatic N) is 1. The summed E-state index contributed by atoms with van der Waals surface area (Å²) in [5.74, 6) is -0.390. The van der Waals surface area contributed by atoms with Gasteiger partial charge in [-0.3, -0.25) is 4.79 Å². The van der Waals surface area contributed by atoms with Crippen molar-refractivity contribution >= 4 is 23.3 Å². The number of hydrogen-bond donors (Lipinski definition) is 3. The zero-order chi connectivity index (χ0) is 20.9. The van der Waals surface area contributed by atoms with E-state index in [1.165, 1.54) is 0 Å². The highest BCUT2D eigenvalue weighted by molar-refractivity contribution is 6.19. The minimum absolute atomic E-state index is 0.358. The number of rotatable bonds is 4. The lowest BCUT2D eigenvalue weighted by molar-refractivity contribution is -0.117. The molecule has 3 aromatic carbocycles. The molecule has 0 spiro atoms. The van der Waals surface area contributed by atoms with Crippen molar-refractivity contribution < 1.29 is 9.59 Å². The molecule has 3 N–H and O–H groups in total. The van der Waals surface area contributed by atoms with Gasteiger partial charge in [-0.15, -0.1) is 0 Å². The van der Waals surface area contributed by atoms with Gasteiger partial charge in [0.1, 0.15) is 0 Å². The standard InChI is InChI=1S/C24H22N4O2/c1-16-8-7-9-17(14-16)15-25-24(30)28-22-23(29)26-20-13-6-5-12-19(20)21(27-22)18-10-3-2-4-11-18/h2-14,22H,15H2,1H3,(H,26,29)(H2,25,28,30). The zero-order valence-electron chi connectivity index (χ0n) is 16.6. The Morgan fingerprint density at radius 3 is 2.57 bits per heavy atom. The lowest BCUT2D eigenvalue weighted by atomic mass is 10.0. The molecular formula is C24H22N4O2. The third kappa shape index (κ3) is 4.38. The average Bonchev–Trinajstić information content (AvgIpc) is 2.89. The summed E-state index contributed by atoms with van der Waals surface area (Å²) in [5, 5.41) is 8.33. The van der Waals surface area contributed by atoms with E-state index in [-0.39, 0.29) is 5.91 Å². The Hall–Kier alpha value is -3.93. The SMILES string of the molecule is Cc1cccc(CNC(=O)NC2N=C(c3ccccc3)c3ccccc3NC2=O)c1. The van der Waals surface area contributed by atoms with Crippen molar-refractivity contribution in [2.24, 2.45) is 4.99 Å². The van der Waals surface area contributed by atoms with E-state index < -0.39 is 12.2 Å². The predicted octanol–water partition coefficient (Wildman–Crippen LogP) is 3.61. The van der Waals surface area contributed by atoms with E-state index >= 15 is 0 Å². The van der Waals surface area contributed by atoms with Crippen LogP contribution >= 0.6 is 0 Å². The smallest absolute Gasteiger partial charge is 0.317 e. The molecule has 1 aliphatic rings. The van der Waals surface area contributed by atoms with Crippen LogP contribution in [0.25, 0.3) is 0 Å². The van der Waals surface area contributed by atoms with Gasteiger partial charge in [0.05, 0.1) is 11.4 Å². The van der Waals surface area contributed by atoms with Crippen molar-refractivity contribution in [1.29, 1.82) is 0 Å². The van der Waals surface area contributed by atoms with Crippen LogP contribution in [0.3, 0.4) is 0 Å². The van der Waals surface area contributed by atoms with Gasteiger partial charge in [-0.2, -0.15) is 0 Å². The maximum Gasteiger partial charge on any atom is 0.317 e. The number of amides is 3. The Kier molecular flexibility index (Phi) is 5.57. The summed E-state index contributed by atoms with van der Waals surface area (Å²) in [6.07, 6.45) is -1.05. The summed E-state index contributed by atoms with van der Waals surface area (Å²) >= 11 is 0. The first kappa shape index (κ1) is 19.4. The number of aliphatic imine (C=N–C) groups is 1. The molecule has 30 heavy (non-hydrogen) atoms. The van der Waals surface area contributed by atoms with E-state index in [0.29, 0.717) is 17.9 Å². The van der Waals surface area contributed by atoms with Crippen molar-refractivity contribution in [3.63, 3.8) is 0 Å². The molecule has 1 aliphatic heterocycles. The Balaban J connectivity index is 1.56. The van der Waals surface area contributed by atoms with Crippen molar-refractivity contribution in [2.45, 2.75) is 19.6 Å². The fraction of sp³-hybridized carbons (Fsp3) is 0.125. The highest BCUT2D eigenvalue weighted by Crippen LogP contribution is 2.23. The predicted molar refractivity (Wildman–Crippen MR) is 117 cm³/mol. The van der Waals surface area contributed by atoms with Crippen LogP contribution in [0.2, 0.25) is 0 Å². The highest BCUT2D eigenvalue weighted by Gasteiger charge is 2.26. The Bertz CT molecular complexity index is 1110. The zero-order valence-corrected chi connectivity index (χ0v) is 16.6. The van der Waals surface area contributed by atoms with E-state index in [4.69, 9.17) is 0 Å². The second-order valence-corrected chi connectivity index (χ2v) is 7.10. The molecule has 0 aromatic heterocycles. The largest absolute Gasteiger partial charge is 0.334 e. The Morgan fingerprint density at radius 2 is 1.77 bits per heavy atom. The summed E-state index contributed by atoms with van der Waals surface area (Å²) in [7, 11) is 0. The molecule has 6 heteroatoms. The molecule has 3 aromatic rings. The van der Waals surface area contributed by atoms with Crippen LogP contribution in [-0.2, 0) is 11.3 Å². The van der Waals surface area contributed by atoms with E-state index in [1.54, 1.807) is 0 Å². The topological polar surface area (TPSA) is 82.6 Å². The Labute approximate surface area is 175 Å². The molecule has 0 radical (unpaired) electrons. The quantitative estimate of drug-likeness (QED) is 0.627. The van der Waals surface area contributed by atoms with Gasteiger partial charge in [0.2, 0.25) is 6.17 Å². The number of aryl methyl sites for hydroxylation is 1. The molecule has 150 valence electrons. The number of carbonyl (C=O) groups excluding carboxylic acids is 2. The lowest BCUT2D eigenvalue weighted by Gasteiger charge is -2.14. The number of nitrogens with one attached hydrogen (secondary N) is 3. The molecule has 1 unspecified atom stereocenters. The van der Waals surface area contributed by atoms with Crippen LogP contribution in [-0.4, -0.2) is 23.8 Å². The second-order valence-electron chi connectivity index (χ2n) is 7.10. The molecule has 0 bridgehead atoms. The maximum atomic E-state index is 12.7. The molecule has 0 aliphatic carbocycles. The number of hydrogen-bond acceptors (Lipinski definition) is 3. The summed E-state index contributed by atoms with van der Waals surface area (Å²) in [6.45, 7) is 2.36. The van der Waals surface area contributed by atoms with Gasteiger partial charge in [0.25, 0.3) is 5.91 Å². The van der Waals surface area contributed by atoms with Crippen molar-refractivity contribution in [2.75, 3.05) is 5.32 Å². The summed E-state index contributed by atoms with van der Waals surface area (Å²) in [4.78, 5) is 29.8. The number of carbonyl (C=O) groups is 2. The van der Waals surface area contributed by atoms with E-state index in [2.05, 4.69) is 20.9 Å². The van der Waals surface area contributed by atoms with Gasteiger partial charge in [0.15, 0.2) is 0 Å². The Morgan fingerprint density at radius 1 is 1.00 bits per heavy atom. The van der Waals surface area contributed by atoms with Crippen molar-refractivity contribution in [3.05, 3.63) is 101 Å². The van der Waals surface area contributed by atoms with Gasteiger partial charge < -0.3 is 16.0 Å². The van der Waals surface area contributed by atoms with E-state index in [9.17, 15) is 9.59 Å². The minimum Gasteiger partial charge on any atom is -0.334 e. The van der Waals surface area contributed by atoms with Gasteiger partial charge >= 0.3 is 6.03 Å². The van der Waals surface area contributed by atoms with Gasteiger partial charge in [-0.25, -0.2) is 9.79 Å². The fourth-order valence-electron chi connectivity index (χ4n) is 3.36. The lowest BCUT2D eigenvalue weighted by Crippen LogP contribution is -2.46. The van der Waals surface area contributed by atoms with Crippen LogP contribution in [0.5, 0.6) is 0 Å². The summed E-state index contributed by atoms with van der Waals surface area (Å²) in [6, 6.07) is 24.5. The number of benzodiazepines with no additional fused rings is 1. The molecule has 0 saturated carbocycles. The number of anilines is 1. The first-order chi connectivity index (χ1) is 14.6. The highest BCUT2D eigenvalue weighted by atomic mass is 16.2. The third-order valence-corrected chi connectivity index (χ3v) is 4.80. The van der Waals surface area contributed by atoms with E-state index in [1.807, 2.05) is 85.8 Å². The van der Waals surface area contributed by atoms with Gasteiger partial charge in [-0.1, -0.05) is 78.4 Å². The number of para-hydroxylation sites is 1. The molecule has 1 heterocycles. The second kappa shape index (κ2) is 8.61. The number of urea groups is 1. The monoisotopic (exact) mass is 398 g/mol. The molecule has 0 saturated heterocycles. The van der Waals surface area contributed by atoms with Crippen LogP contribution < -0.4 is 16.0 Å². The van der Waals surface area contributed by atoms with Crippen LogP contribution in [0.4, 0.5) is 10.5 Å². The maximum absolute atomic E-state index is 12.7. The van der Waals surface area contributed by atoms with Gasteiger partial charge in [0, 0.05) is 17.7 Å². The van der Waals surface area contributed by atoms with E-state index in [0.717, 1.165) is 22.3 Å². The molecule has 3 amide bonds. The van der Waals surface area contributed by atoms with Crippen LogP contribution in [0, 0.1) is 6.92 Å². The molecule has 4 rings (SSSR count). The molecule has 6 nitrogen and oxygen atoms in total. The van der Waals surface area contributed by atoms with Gasteiger partial charge in [-0.05, 0) is 18.6 Å². The minimum atomic E-state index is -1.05. The van der Waals surface area contributed by atoms with Crippen molar-refractivity contribution in [3.8, 4) is 0 Å². The third-order valence-electron chi connectivity index (χ3n) is 4.80. The number of fused-ring (bicyclic) bond motifs is 1. The molecular weight excluding hydrogens is 376 g/mol. The molecule has 1 atom stereocenters.